The number of nitrogens with zero attached hydrogens (tertiary/aromatic N) is 5. The summed E-state index contributed by atoms with van der Waals surface area (Å²) in [5.41, 5.74) is 0.696. The summed E-state index contributed by atoms with van der Waals surface area (Å²) in [6.45, 7) is 10.4. The average Bonchev–Trinajstić information content (AvgIpc) is 3.34. The number of carboxylic acid groups (broad SMARTS) is 1. The molecule has 0 amide bonds. The van der Waals surface area contributed by atoms with Crippen molar-refractivity contribution in [3.63, 3.8) is 0 Å². The van der Waals surface area contributed by atoms with E-state index in [1.54, 1.807) is 39.0 Å². The number of aromatic nitrogens is 4. The van der Waals surface area contributed by atoms with Crippen LogP contribution in [0.1, 0.15) is 67.3 Å². The van der Waals surface area contributed by atoms with E-state index >= 15 is 0 Å². The molecule has 5 rings (SSSR count). The predicted octanol–water partition coefficient (Wildman–Crippen LogP) is 6.70. The number of benzene rings is 1. The lowest BCUT2D eigenvalue weighted by atomic mass is 9.70. The van der Waals surface area contributed by atoms with Crippen molar-refractivity contribution < 1.29 is 36.9 Å². The van der Waals surface area contributed by atoms with Crippen LogP contribution in [-0.4, -0.2) is 56.2 Å². The molecule has 0 spiro atoms. The first-order chi connectivity index (χ1) is 20.3. The number of fused-ring (bicyclic) bond motifs is 2. The summed E-state index contributed by atoms with van der Waals surface area (Å²) in [7, 11) is -3.53. The van der Waals surface area contributed by atoms with Crippen LogP contribution in [0, 0.1) is 19.3 Å². The van der Waals surface area contributed by atoms with E-state index < -0.39 is 45.7 Å². The van der Waals surface area contributed by atoms with Gasteiger partial charge in [0.25, 0.3) is 0 Å². The fraction of sp³-hybridized carbons (Fsp3) is 0.400. The van der Waals surface area contributed by atoms with Crippen LogP contribution < -0.4 is 4.74 Å². The molecule has 0 saturated carbocycles. The lowest BCUT2D eigenvalue weighted by molar-refractivity contribution is -0.147. The molecule has 1 unspecified atom stereocenters. The smallest absolute Gasteiger partial charge is 0.452 e. The van der Waals surface area contributed by atoms with Gasteiger partial charge in [0, 0.05) is 24.9 Å². The molecule has 236 valence electrons. The van der Waals surface area contributed by atoms with Crippen molar-refractivity contribution in [2.45, 2.75) is 70.7 Å². The second-order valence-electron chi connectivity index (χ2n) is 12.2. The van der Waals surface area contributed by atoms with Gasteiger partial charge < -0.3 is 9.84 Å². The highest BCUT2D eigenvalue weighted by molar-refractivity contribution is 8.22. The molecule has 3 aromatic heterocycles. The number of aliphatic carboxylic acids is 1. The predicted molar refractivity (Wildman–Crippen MR) is 158 cm³/mol. The van der Waals surface area contributed by atoms with Crippen LogP contribution in [0.4, 0.5) is 13.2 Å². The Kier molecular flexibility index (Phi) is 7.72. The van der Waals surface area contributed by atoms with E-state index in [0.29, 0.717) is 22.3 Å². The lowest BCUT2D eigenvalue weighted by Gasteiger charge is -2.42. The van der Waals surface area contributed by atoms with Gasteiger partial charge in [-0.2, -0.15) is 17.5 Å². The molecule has 0 radical (unpaired) electrons. The average molecular weight is 634 g/mol. The zero-order valence-electron chi connectivity index (χ0n) is 25.0. The van der Waals surface area contributed by atoms with Crippen molar-refractivity contribution >= 4 is 22.4 Å². The van der Waals surface area contributed by atoms with Gasteiger partial charge in [0.15, 0.2) is 5.65 Å². The summed E-state index contributed by atoms with van der Waals surface area (Å²) in [6, 6.07) is 10.1. The van der Waals surface area contributed by atoms with E-state index in [1.807, 2.05) is 32.9 Å². The standard InChI is InChI=1S/C30H34F3N5O5S/c1-17-9-10-19(14-20(17)15-37-16-28(3,4)43-25-22(44(37,41)42)8-7-12-34-25)23(29(5,6)27(39)40)21-11-13-38-24(18(21)2)35-36-26(38)30(31,32)33/h7-14,23,41-42H,15-16H2,1-6H3,(H,39,40). The van der Waals surface area contributed by atoms with Crippen LogP contribution in [0.15, 0.2) is 53.7 Å². The minimum Gasteiger partial charge on any atom is -0.481 e. The van der Waals surface area contributed by atoms with Gasteiger partial charge in [-0.25, -0.2) is 4.98 Å². The Bertz CT molecular complexity index is 1750. The molecule has 4 aromatic rings. The molecule has 1 aromatic carbocycles. The van der Waals surface area contributed by atoms with Gasteiger partial charge >= 0.3 is 12.1 Å². The summed E-state index contributed by atoms with van der Waals surface area (Å²) >= 11 is 0. The fourth-order valence-electron chi connectivity index (χ4n) is 5.70. The highest BCUT2D eigenvalue weighted by Crippen LogP contribution is 2.58. The molecule has 14 heteroatoms. The first kappa shape index (κ1) is 31.7. The Labute approximate surface area is 254 Å². The molecule has 3 N–H and O–H groups in total. The first-order valence-corrected chi connectivity index (χ1v) is 15.3. The molecule has 1 aliphatic rings. The number of carbonyl (C=O) groups is 1. The van der Waals surface area contributed by atoms with E-state index in [1.165, 1.54) is 22.8 Å². The summed E-state index contributed by atoms with van der Waals surface area (Å²) in [5.74, 6) is -2.95. The number of carboxylic acids is 1. The first-order valence-electron chi connectivity index (χ1n) is 13.8. The number of halogens is 3. The Morgan fingerprint density at radius 3 is 2.50 bits per heavy atom. The maximum atomic E-state index is 13.5. The molecule has 44 heavy (non-hydrogen) atoms. The van der Waals surface area contributed by atoms with Crippen molar-refractivity contribution in [1.29, 1.82) is 0 Å². The summed E-state index contributed by atoms with van der Waals surface area (Å²) in [5, 5.41) is 17.4. The number of rotatable bonds is 6. The second-order valence-corrected chi connectivity index (χ2v) is 14.2. The van der Waals surface area contributed by atoms with Crippen LogP contribution in [0.25, 0.3) is 5.65 Å². The van der Waals surface area contributed by atoms with Crippen LogP contribution in [0.2, 0.25) is 0 Å². The topological polar surface area (TPSA) is 133 Å². The maximum Gasteiger partial charge on any atom is 0.452 e. The van der Waals surface area contributed by atoms with Gasteiger partial charge in [-0.15, -0.1) is 21.0 Å². The minimum absolute atomic E-state index is 0.0265. The van der Waals surface area contributed by atoms with E-state index in [4.69, 9.17) is 4.74 Å². The molecular formula is C30H34F3N5O5S. The normalized spacial score (nSPS) is 18.2. The van der Waals surface area contributed by atoms with Crippen LogP contribution in [0.5, 0.6) is 5.88 Å². The largest absolute Gasteiger partial charge is 0.481 e. The van der Waals surface area contributed by atoms with Gasteiger partial charge in [-0.3, -0.25) is 18.3 Å². The lowest BCUT2D eigenvalue weighted by Crippen LogP contribution is -2.41. The fourth-order valence-corrected chi connectivity index (χ4v) is 7.38. The van der Waals surface area contributed by atoms with Crippen molar-refractivity contribution in [3.05, 3.63) is 82.4 Å². The summed E-state index contributed by atoms with van der Waals surface area (Å²) in [6.07, 6.45) is -2.00. The molecule has 10 nitrogen and oxygen atoms in total. The van der Waals surface area contributed by atoms with E-state index in [2.05, 4.69) is 15.2 Å². The van der Waals surface area contributed by atoms with Gasteiger partial charge in [0.05, 0.1) is 12.0 Å². The third-order valence-electron chi connectivity index (χ3n) is 8.08. The van der Waals surface area contributed by atoms with E-state index in [-0.39, 0.29) is 29.5 Å². The number of hydrogen-bond donors (Lipinski definition) is 3. The van der Waals surface area contributed by atoms with Gasteiger partial charge in [0.2, 0.25) is 11.7 Å². The number of aryl methyl sites for hydroxylation is 2. The van der Waals surface area contributed by atoms with Crippen LogP contribution >= 0.6 is 10.8 Å². The number of pyridine rings is 2. The Balaban J connectivity index is 1.63. The molecule has 0 saturated heterocycles. The van der Waals surface area contributed by atoms with Gasteiger partial charge in [0.1, 0.15) is 10.5 Å². The van der Waals surface area contributed by atoms with Crippen LogP contribution in [-0.2, 0) is 17.5 Å². The maximum absolute atomic E-state index is 13.5. The Morgan fingerprint density at radius 1 is 1.14 bits per heavy atom. The third kappa shape index (κ3) is 5.51. The van der Waals surface area contributed by atoms with E-state index in [9.17, 15) is 32.2 Å². The Morgan fingerprint density at radius 2 is 1.84 bits per heavy atom. The molecule has 4 heterocycles. The molecular weight excluding hydrogens is 599 g/mol. The van der Waals surface area contributed by atoms with Gasteiger partial charge in [-0.05, 0) is 87.6 Å². The zero-order chi connectivity index (χ0) is 32.4. The summed E-state index contributed by atoms with van der Waals surface area (Å²) < 4.78 is 72.0. The number of alkyl halides is 3. The monoisotopic (exact) mass is 633 g/mol. The molecule has 0 bridgehead atoms. The zero-order valence-corrected chi connectivity index (χ0v) is 25.9. The van der Waals surface area contributed by atoms with Crippen LogP contribution in [0.3, 0.4) is 0 Å². The minimum atomic E-state index is -4.72. The quantitative estimate of drug-likeness (QED) is 0.212. The molecule has 1 atom stereocenters. The number of hydrogen-bond acceptors (Lipinski definition) is 8. The Hall–Kier alpha value is -3.72. The third-order valence-corrected chi connectivity index (χ3v) is 9.96. The van der Waals surface area contributed by atoms with Crippen molar-refractivity contribution in [2.24, 2.45) is 5.41 Å². The van der Waals surface area contributed by atoms with Crippen molar-refractivity contribution in [2.75, 3.05) is 6.54 Å². The van der Waals surface area contributed by atoms with Gasteiger partial charge in [-0.1, -0.05) is 18.2 Å². The molecule has 0 fully saturated rings. The highest BCUT2D eigenvalue weighted by atomic mass is 32.3. The highest BCUT2D eigenvalue weighted by Gasteiger charge is 2.43. The van der Waals surface area contributed by atoms with Crippen molar-refractivity contribution in [1.82, 2.24) is 23.9 Å². The SMILES string of the molecule is Cc1ccc(C(c2ccn3c(C(F)(F)F)nnc3c2C)C(C)(C)C(=O)O)cc1CN1CC(C)(C)Oc2ncccc2S1(O)O. The molecule has 1 aliphatic heterocycles. The van der Waals surface area contributed by atoms with Crippen molar-refractivity contribution in [3.8, 4) is 5.88 Å². The molecule has 0 aliphatic carbocycles. The second kappa shape index (κ2) is 10.7. The van der Waals surface area contributed by atoms with E-state index in [0.717, 1.165) is 9.96 Å². The summed E-state index contributed by atoms with van der Waals surface area (Å²) in [4.78, 5) is 17.0. The number of ether oxygens (including phenoxy) is 1.